The summed E-state index contributed by atoms with van der Waals surface area (Å²) in [7, 11) is -3.46. The lowest BCUT2D eigenvalue weighted by atomic mass is 9.63. The van der Waals surface area contributed by atoms with E-state index in [1.165, 1.54) is 10.6 Å². The number of nitrogens with zero attached hydrogens (tertiary/aromatic N) is 2. The van der Waals surface area contributed by atoms with Gasteiger partial charge in [-0.25, -0.2) is 8.42 Å². The van der Waals surface area contributed by atoms with Crippen LogP contribution in [0.4, 0.5) is 0 Å². The van der Waals surface area contributed by atoms with Gasteiger partial charge in [-0.05, 0) is 18.4 Å². The summed E-state index contributed by atoms with van der Waals surface area (Å²) in [4.78, 5) is 14.1. The second kappa shape index (κ2) is 5.28. The molecule has 130 valence electrons. The first-order valence-electron chi connectivity index (χ1n) is 8.32. The molecule has 1 saturated carbocycles. The van der Waals surface area contributed by atoms with Crippen molar-refractivity contribution in [3.05, 3.63) is 35.9 Å². The first-order valence-corrected chi connectivity index (χ1v) is 10.2. The van der Waals surface area contributed by atoms with Gasteiger partial charge in [0.25, 0.3) is 0 Å². The van der Waals surface area contributed by atoms with E-state index in [9.17, 15) is 18.3 Å². The Morgan fingerprint density at radius 2 is 1.88 bits per heavy atom. The van der Waals surface area contributed by atoms with Crippen molar-refractivity contribution in [1.29, 1.82) is 0 Å². The van der Waals surface area contributed by atoms with Gasteiger partial charge in [-0.1, -0.05) is 30.3 Å². The Morgan fingerprint density at radius 3 is 2.38 bits per heavy atom. The third kappa shape index (κ3) is 2.22. The molecule has 1 aromatic carbocycles. The monoisotopic (exact) mass is 350 g/mol. The zero-order valence-corrected chi connectivity index (χ0v) is 14.4. The second-order valence-electron chi connectivity index (χ2n) is 7.27. The molecule has 7 heteroatoms. The fourth-order valence-electron chi connectivity index (χ4n) is 4.52. The number of benzene rings is 1. The molecular weight excluding hydrogens is 328 g/mol. The maximum Gasteiger partial charge on any atom is 0.225 e. The van der Waals surface area contributed by atoms with Gasteiger partial charge >= 0.3 is 0 Å². The fourth-order valence-corrected chi connectivity index (χ4v) is 6.09. The van der Waals surface area contributed by atoms with Gasteiger partial charge in [0.1, 0.15) is 0 Å². The van der Waals surface area contributed by atoms with E-state index in [4.69, 9.17) is 0 Å². The zero-order chi connectivity index (χ0) is 17.1. The summed E-state index contributed by atoms with van der Waals surface area (Å²) in [6, 6.07) is 9.25. The highest BCUT2D eigenvalue weighted by molar-refractivity contribution is 7.88. The third-order valence-electron chi connectivity index (χ3n) is 5.57. The van der Waals surface area contributed by atoms with E-state index < -0.39 is 21.6 Å². The van der Waals surface area contributed by atoms with E-state index in [2.05, 4.69) is 0 Å². The van der Waals surface area contributed by atoms with Gasteiger partial charge in [-0.15, -0.1) is 0 Å². The highest BCUT2D eigenvalue weighted by Gasteiger charge is 2.69. The molecule has 3 fully saturated rings. The van der Waals surface area contributed by atoms with Crippen LogP contribution in [0.1, 0.15) is 24.3 Å². The van der Waals surface area contributed by atoms with Crippen molar-refractivity contribution in [2.45, 2.75) is 30.3 Å². The Hall–Kier alpha value is -1.44. The first kappa shape index (κ1) is 16.1. The molecule has 4 rings (SSSR count). The van der Waals surface area contributed by atoms with Crippen LogP contribution in [0.3, 0.4) is 0 Å². The molecule has 0 bridgehead atoms. The lowest BCUT2D eigenvalue weighted by Gasteiger charge is -2.69. The molecule has 1 spiro atoms. The number of likely N-dealkylation sites (tertiary alicyclic amines) is 1. The van der Waals surface area contributed by atoms with E-state index in [-0.39, 0.29) is 24.3 Å². The van der Waals surface area contributed by atoms with Gasteiger partial charge in [-0.2, -0.15) is 4.31 Å². The molecular formula is C17H22N2O4S. The summed E-state index contributed by atoms with van der Waals surface area (Å²) < 4.78 is 26.0. The number of rotatable bonds is 4. The van der Waals surface area contributed by atoms with Crippen molar-refractivity contribution >= 4 is 15.9 Å². The van der Waals surface area contributed by atoms with Gasteiger partial charge < -0.3 is 10.0 Å². The maximum absolute atomic E-state index is 12.3. The number of aliphatic hydroxyl groups excluding tert-OH is 1. The Labute approximate surface area is 142 Å². The van der Waals surface area contributed by atoms with Crippen LogP contribution >= 0.6 is 0 Å². The standard InChI is InChI=1S/C17H22N2O4S/c1-24(22,23)19-14(9-20)15(12-5-3-2-4-6-12)17(19)10-18(11-17)16(21)13-7-8-13/h2-6,13-15,20H,7-11H2,1H3/t14-,15+/m0/s1. The molecule has 0 unspecified atom stereocenters. The predicted octanol–water partition coefficient (Wildman–Crippen LogP) is 0.397. The van der Waals surface area contributed by atoms with Crippen molar-refractivity contribution in [1.82, 2.24) is 9.21 Å². The molecule has 2 heterocycles. The summed E-state index contributed by atoms with van der Waals surface area (Å²) in [5, 5.41) is 9.79. The number of hydrogen-bond donors (Lipinski definition) is 1. The van der Waals surface area contributed by atoms with Crippen molar-refractivity contribution in [2.75, 3.05) is 26.0 Å². The van der Waals surface area contributed by atoms with Crippen LogP contribution in [-0.2, 0) is 14.8 Å². The average Bonchev–Trinajstić information content (AvgIpc) is 3.29. The molecule has 1 amide bonds. The molecule has 0 radical (unpaired) electrons. The minimum absolute atomic E-state index is 0.0818. The smallest absolute Gasteiger partial charge is 0.225 e. The van der Waals surface area contributed by atoms with Gasteiger partial charge in [0.2, 0.25) is 15.9 Å². The Kier molecular flexibility index (Phi) is 3.53. The third-order valence-corrected chi connectivity index (χ3v) is 6.92. The summed E-state index contributed by atoms with van der Waals surface area (Å²) in [6.45, 7) is 0.627. The Morgan fingerprint density at radius 1 is 1.25 bits per heavy atom. The summed E-state index contributed by atoms with van der Waals surface area (Å²) >= 11 is 0. The van der Waals surface area contributed by atoms with E-state index in [0.717, 1.165) is 18.4 Å². The van der Waals surface area contributed by atoms with Crippen molar-refractivity contribution in [3.63, 3.8) is 0 Å². The summed E-state index contributed by atoms with van der Waals surface area (Å²) in [5.41, 5.74) is 0.419. The average molecular weight is 350 g/mol. The molecule has 2 atom stereocenters. The number of aliphatic hydroxyl groups is 1. The van der Waals surface area contributed by atoms with E-state index in [1.54, 1.807) is 4.90 Å². The molecule has 1 N–H and O–H groups in total. The maximum atomic E-state index is 12.3. The number of hydrogen-bond acceptors (Lipinski definition) is 4. The minimum Gasteiger partial charge on any atom is -0.395 e. The van der Waals surface area contributed by atoms with E-state index in [1.807, 2.05) is 30.3 Å². The number of amides is 1. The number of carbonyl (C=O) groups excluding carboxylic acids is 1. The Bertz CT molecular complexity index is 754. The van der Waals surface area contributed by atoms with Crippen LogP contribution in [0, 0.1) is 5.92 Å². The van der Waals surface area contributed by atoms with Crippen molar-refractivity contribution in [3.8, 4) is 0 Å². The molecule has 2 saturated heterocycles. The van der Waals surface area contributed by atoms with Crippen molar-refractivity contribution < 1.29 is 18.3 Å². The van der Waals surface area contributed by atoms with Gasteiger partial charge in [0, 0.05) is 24.9 Å². The topological polar surface area (TPSA) is 77.9 Å². The molecule has 6 nitrogen and oxygen atoms in total. The molecule has 24 heavy (non-hydrogen) atoms. The molecule has 0 aromatic heterocycles. The minimum atomic E-state index is -3.46. The SMILES string of the molecule is CS(=O)(=O)N1[C@@H](CO)[C@@H](c2ccccc2)C12CN(C(=O)C1CC1)C2. The van der Waals surface area contributed by atoms with Gasteiger partial charge in [-0.3, -0.25) is 4.79 Å². The highest BCUT2D eigenvalue weighted by atomic mass is 32.2. The van der Waals surface area contributed by atoms with E-state index in [0.29, 0.717) is 13.1 Å². The number of carbonyl (C=O) groups is 1. The Balaban J connectivity index is 1.66. The van der Waals surface area contributed by atoms with Crippen LogP contribution in [0.25, 0.3) is 0 Å². The van der Waals surface area contributed by atoms with Gasteiger partial charge in [0.15, 0.2) is 0 Å². The van der Waals surface area contributed by atoms with Crippen LogP contribution < -0.4 is 0 Å². The first-order chi connectivity index (χ1) is 11.4. The normalized spacial score (nSPS) is 29.2. The summed E-state index contributed by atoms with van der Waals surface area (Å²) in [6.07, 6.45) is 3.07. The fraction of sp³-hybridized carbons (Fsp3) is 0.588. The second-order valence-corrected chi connectivity index (χ2v) is 9.13. The quantitative estimate of drug-likeness (QED) is 0.853. The largest absolute Gasteiger partial charge is 0.395 e. The van der Waals surface area contributed by atoms with Crippen molar-refractivity contribution in [2.24, 2.45) is 5.92 Å². The van der Waals surface area contributed by atoms with Crippen LogP contribution in [0.5, 0.6) is 0 Å². The van der Waals surface area contributed by atoms with Crippen LogP contribution in [-0.4, -0.2) is 66.2 Å². The van der Waals surface area contributed by atoms with Gasteiger partial charge in [0.05, 0.1) is 24.4 Å². The predicted molar refractivity (Wildman–Crippen MR) is 88.8 cm³/mol. The lowest BCUT2D eigenvalue weighted by Crippen LogP contribution is -2.85. The van der Waals surface area contributed by atoms with Crippen LogP contribution in [0.15, 0.2) is 30.3 Å². The van der Waals surface area contributed by atoms with E-state index >= 15 is 0 Å². The highest BCUT2D eigenvalue weighted by Crippen LogP contribution is 2.55. The molecule has 3 aliphatic rings. The zero-order valence-electron chi connectivity index (χ0n) is 13.6. The molecule has 1 aliphatic carbocycles. The molecule has 2 aliphatic heterocycles. The summed E-state index contributed by atoms with van der Waals surface area (Å²) in [5.74, 6) is 0.202. The molecule has 1 aromatic rings. The lowest BCUT2D eigenvalue weighted by molar-refractivity contribution is -0.168. The van der Waals surface area contributed by atoms with Crippen LogP contribution in [0.2, 0.25) is 0 Å². The number of sulfonamides is 1.